The number of methoxy groups -OCH3 is 3. The Morgan fingerprint density at radius 2 is 1.96 bits per heavy atom. The smallest absolute Gasteiger partial charge is 0.161 e. The van der Waals surface area contributed by atoms with Gasteiger partial charge in [0.2, 0.25) is 0 Å². The van der Waals surface area contributed by atoms with Gasteiger partial charge in [-0.2, -0.15) is 0 Å². The number of hydrogen-bond acceptors (Lipinski definition) is 6. The molecule has 1 aromatic rings. The van der Waals surface area contributed by atoms with E-state index in [1.165, 1.54) is 0 Å². The van der Waals surface area contributed by atoms with E-state index in [0.717, 1.165) is 18.5 Å². The van der Waals surface area contributed by atoms with Crippen LogP contribution in [0.3, 0.4) is 0 Å². The van der Waals surface area contributed by atoms with E-state index in [2.05, 4.69) is 11.5 Å². The van der Waals surface area contributed by atoms with Crippen LogP contribution in [0.2, 0.25) is 0 Å². The topological polar surface area (TPSA) is 60.4 Å². The van der Waals surface area contributed by atoms with Gasteiger partial charge in [0.15, 0.2) is 11.5 Å². The Balaban J connectivity index is 2.69. The third kappa shape index (κ3) is 8.36. The molecule has 0 radical (unpaired) electrons. The molecule has 6 nitrogen and oxygen atoms in total. The minimum atomic E-state index is -0.553. The number of nitrogens with zero attached hydrogens (tertiary/aromatic N) is 1. The lowest BCUT2D eigenvalue weighted by Gasteiger charge is -2.25. The molecule has 0 aliphatic carbocycles. The first kappa shape index (κ1) is 21.4. The van der Waals surface area contributed by atoms with Gasteiger partial charge < -0.3 is 24.1 Å². The Labute approximate surface area is 150 Å². The second kappa shape index (κ2) is 12.7. The molecule has 25 heavy (non-hydrogen) atoms. The van der Waals surface area contributed by atoms with Crippen molar-refractivity contribution < 1.29 is 24.1 Å². The summed E-state index contributed by atoms with van der Waals surface area (Å²) in [5.74, 6) is 1.40. The summed E-state index contributed by atoms with van der Waals surface area (Å²) < 4.78 is 21.1. The lowest BCUT2D eigenvalue weighted by atomic mass is 10.1. The number of hydrogen-bond donors (Lipinski definition) is 1. The first-order valence-corrected chi connectivity index (χ1v) is 8.43. The Kier molecular flexibility index (Phi) is 10.9. The van der Waals surface area contributed by atoms with Crippen molar-refractivity contribution in [2.24, 2.45) is 0 Å². The van der Waals surface area contributed by atoms with Crippen LogP contribution in [-0.2, 0) is 16.0 Å². The van der Waals surface area contributed by atoms with Crippen LogP contribution in [0, 0.1) is 0 Å². The van der Waals surface area contributed by atoms with Crippen LogP contribution in [0.5, 0.6) is 11.5 Å². The molecule has 0 aliphatic heterocycles. The molecule has 1 N–H and O–H groups in total. The van der Waals surface area contributed by atoms with Gasteiger partial charge in [-0.1, -0.05) is 12.1 Å². The molecule has 0 aromatic heterocycles. The molecule has 0 fully saturated rings. The van der Waals surface area contributed by atoms with E-state index < -0.39 is 6.10 Å². The fourth-order valence-electron chi connectivity index (χ4n) is 2.54. The normalized spacial score (nSPS) is 12.2. The predicted octanol–water partition coefficient (Wildman–Crippen LogP) is 2.11. The Morgan fingerprint density at radius 1 is 1.20 bits per heavy atom. The highest BCUT2D eigenvalue weighted by molar-refractivity contribution is 5.42. The van der Waals surface area contributed by atoms with Gasteiger partial charge in [-0.3, -0.25) is 4.90 Å². The zero-order chi connectivity index (χ0) is 18.5. The number of aliphatic hydroxyl groups is 1. The fraction of sp³-hybridized carbons (Fsp3) is 0.579. The summed E-state index contributed by atoms with van der Waals surface area (Å²) in [6.07, 6.45) is 2.01. The molecule has 0 unspecified atom stereocenters. The second-order valence-corrected chi connectivity index (χ2v) is 5.75. The Bertz CT molecular complexity index is 495. The number of aliphatic hydroxyl groups excluding tert-OH is 1. The second-order valence-electron chi connectivity index (χ2n) is 5.75. The zero-order valence-corrected chi connectivity index (χ0v) is 15.6. The highest BCUT2D eigenvalue weighted by Crippen LogP contribution is 2.28. The van der Waals surface area contributed by atoms with Gasteiger partial charge in [0.1, 0.15) is 0 Å². The predicted molar refractivity (Wildman–Crippen MR) is 98.3 cm³/mol. The molecule has 6 heteroatoms. The standard InChI is InChI=1S/C19H31NO5/c1-5-10-25-15-17(21)14-20(9-6-11-22-2)13-16-7-8-18(23-3)19(12-16)24-4/h5,7-8,12,17,21H,1,6,9-11,13-15H2,2-4H3/t17-/m1/s1. The molecular formula is C19H31NO5. The molecule has 0 spiro atoms. The van der Waals surface area contributed by atoms with Gasteiger partial charge in [0.05, 0.1) is 33.5 Å². The largest absolute Gasteiger partial charge is 0.493 e. The Morgan fingerprint density at radius 3 is 2.60 bits per heavy atom. The number of benzene rings is 1. The van der Waals surface area contributed by atoms with Crippen molar-refractivity contribution in [3.63, 3.8) is 0 Å². The molecule has 0 saturated heterocycles. The lowest BCUT2D eigenvalue weighted by molar-refractivity contribution is 0.0229. The van der Waals surface area contributed by atoms with Gasteiger partial charge in [0, 0.05) is 33.4 Å². The molecule has 1 aromatic carbocycles. The third-order valence-electron chi connectivity index (χ3n) is 3.69. The summed E-state index contributed by atoms with van der Waals surface area (Å²) in [7, 11) is 4.93. The van der Waals surface area contributed by atoms with E-state index >= 15 is 0 Å². The van der Waals surface area contributed by atoms with Gasteiger partial charge in [-0.25, -0.2) is 0 Å². The quantitative estimate of drug-likeness (QED) is 0.408. The molecule has 0 aliphatic rings. The van der Waals surface area contributed by atoms with Crippen LogP contribution in [0.15, 0.2) is 30.9 Å². The summed E-state index contributed by atoms with van der Waals surface area (Å²) >= 11 is 0. The van der Waals surface area contributed by atoms with Crippen LogP contribution in [-0.4, -0.2) is 70.3 Å². The van der Waals surface area contributed by atoms with Crippen molar-refractivity contribution in [2.75, 3.05) is 54.2 Å². The Hall–Kier alpha value is -1.60. The summed E-state index contributed by atoms with van der Waals surface area (Å²) in [5.41, 5.74) is 1.09. The third-order valence-corrected chi connectivity index (χ3v) is 3.69. The van der Waals surface area contributed by atoms with E-state index in [1.807, 2.05) is 18.2 Å². The van der Waals surface area contributed by atoms with Crippen LogP contribution in [0.25, 0.3) is 0 Å². The van der Waals surface area contributed by atoms with Crippen molar-refractivity contribution in [3.8, 4) is 11.5 Å². The zero-order valence-electron chi connectivity index (χ0n) is 15.6. The maximum Gasteiger partial charge on any atom is 0.161 e. The van der Waals surface area contributed by atoms with Crippen molar-refractivity contribution in [3.05, 3.63) is 36.4 Å². The van der Waals surface area contributed by atoms with Gasteiger partial charge in [-0.05, 0) is 24.1 Å². The van der Waals surface area contributed by atoms with Crippen molar-refractivity contribution >= 4 is 0 Å². The van der Waals surface area contributed by atoms with Crippen molar-refractivity contribution in [1.82, 2.24) is 4.90 Å². The van der Waals surface area contributed by atoms with Crippen LogP contribution in [0.4, 0.5) is 0 Å². The van der Waals surface area contributed by atoms with E-state index in [1.54, 1.807) is 27.4 Å². The molecule has 142 valence electrons. The van der Waals surface area contributed by atoms with Gasteiger partial charge in [-0.15, -0.1) is 6.58 Å². The summed E-state index contributed by atoms with van der Waals surface area (Å²) in [5, 5.41) is 10.2. The van der Waals surface area contributed by atoms with Gasteiger partial charge >= 0.3 is 0 Å². The summed E-state index contributed by atoms with van der Waals surface area (Å²) in [4.78, 5) is 2.18. The maximum absolute atomic E-state index is 10.2. The summed E-state index contributed by atoms with van der Waals surface area (Å²) in [6, 6.07) is 5.86. The first-order chi connectivity index (χ1) is 12.1. The average Bonchev–Trinajstić information content (AvgIpc) is 2.62. The van der Waals surface area contributed by atoms with Crippen LogP contribution in [0.1, 0.15) is 12.0 Å². The highest BCUT2D eigenvalue weighted by Gasteiger charge is 2.14. The van der Waals surface area contributed by atoms with Crippen molar-refractivity contribution in [1.29, 1.82) is 0 Å². The molecule has 1 rings (SSSR count). The van der Waals surface area contributed by atoms with Crippen LogP contribution < -0.4 is 9.47 Å². The maximum atomic E-state index is 10.2. The van der Waals surface area contributed by atoms with E-state index in [4.69, 9.17) is 18.9 Å². The first-order valence-electron chi connectivity index (χ1n) is 8.43. The number of rotatable bonds is 14. The molecular weight excluding hydrogens is 322 g/mol. The van der Waals surface area contributed by atoms with E-state index in [0.29, 0.717) is 44.4 Å². The minimum absolute atomic E-state index is 0.290. The van der Waals surface area contributed by atoms with Gasteiger partial charge in [0.25, 0.3) is 0 Å². The lowest BCUT2D eigenvalue weighted by Crippen LogP contribution is -2.35. The van der Waals surface area contributed by atoms with Crippen LogP contribution >= 0.6 is 0 Å². The molecule has 0 saturated carbocycles. The average molecular weight is 353 g/mol. The van der Waals surface area contributed by atoms with E-state index in [-0.39, 0.29) is 0 Å². The fourth-order valence-corrected chi connectivity index (χ4v) is 2.54. The van der Waals surface area contributed by atoms with Crippen molar-refractivity contribution in [2.45, 2.75) is 19.1 Å². The monoisotopic (exact) mass is 353 g/mol. The van der Waals surface area contributed by atoms with E-state index in [9.17, 15) is 5.11 Å². The molecule has 0 bridgehead atoms. The SMILES string of the molecule is C=CCOC[C@H](O)CN(CCCOC)Cc1ccc(OC)c(OC)c1. The minimum Gasteiger partial charge on any atom is -0.493 e. The molecule has 0 heterocycles. The summed E-state index contributed by atoms with van der Waals surface area (Å²) in [6.45, 7) is 7.06. The number of ether oxygens (including phenoxy) is 4. The molecule has 0 amide bonds. The highest BCUT2D eigenvalue weighted by atomic mass is 16.5. The molecule has 1 atom stereocenters.